The minimum Gasteiger partial charge on any atom is -0.368 e. The molecule has 3 fully saturated rings. The second kappa shape index (κ2) is 7.99. The summed E-state index contributed by atoms with van der Waals surface area (Å²) in [6.07, 6.45) is 5.83. The Morgan fingerprint density at radius 1 is 1.27 bits per heavy atom. The highest BCUT2D eigenvalue weighted by atomic mass is 32.2. The first-order chi connectivity index (χ1) is 10.8. The Balaban J connectivity index is 1.40. The summed E-state index contributed by atoms with van der Waals surface area (Å²) in [6.45, 7) is 4.30. The van der Waals surface area contributed by atoms with E-state index in [1.54, 1.807) is 0 Å². The van der Waals surface area contributed by atoms with E-state index >= 15 is 0 Å². The average Bonchev–Trinajstić information content (AvgIpc) is 3.20. The van der Waals surface area contributed by atoms with E-state index in [2.05, 4.69) is 0 Å². The van der Waals surface area contributed by atoms with Crippen LogP contribution in [0.1, 0.15) is 39.0 Å². The first-order valence-corrected chi connectivity index (χ1v) is 9.55. The van der Waals surface area contributed by atoms with Crippen LogP contribution in [0.4, 0.5) is 0 Å². The molecule has 0 N–H and O–H groups in total. The van der Waals surface area contributed by atoms with Gasteiger partial charge in [0, 0.05) is 24.8 Å². The third-order valence-corrected chi connectivity index (χ3v) is 6.25. The van der Waals surface area contributed by atoms with Crippen LogP contribution >= 0.6 is 11.8 Å². The maximum absolute atomic E-state index is 12.4. The SMILES string of the molecule is CCN(CC1CCCS1)C(=O)COC1CCC2OCOC2C1. The number of likely N-dealkylation sites (N-methyl/N-ethyl adjacent to an activating group) is 1. The summed E-state index contributed by atoms with van der Waals surface area (Å²) in [5.41, 5.74) is 0. The highest BCUT2D eigenvalue weighted by molar-refractivity contribution is 8.00. The molecular formula is C16H27NO4S. The van der Waals surface area contributed by atoms with Gasteiger partial charge < -0.3 is 19.1 Å². The number of hydrogen-bond acceptors (Lipinski definition) is 5. The van der Waals surface area contributed by atoms with Crippen LogP contribution in [0.3, 0.4) is 0 Å². The summed E-state index contributed by atoms with van der Waals surface area (Å²) < 4.78 is 16.9. The zero-order valence-electron chi connectivity index (χ0n) is 13.4. The fraction of sp³-hybridized carbons (Fsp3) is 0.938. The molecule has 0 aromatic carbocycles. The maximum Gasteiger partial charge on any atom is 0.248 e. The zero-order valence-corrected chi connectivity index (χ0v) is 14.2. The molecule has 0 spiro atoms. The number of hydrogen-bond donors (Lipinski definition) is 0. The van der Waals surface area contributed by atoms with Crippen molar-refractivity contribution in [1.82, 2.24) is 4.90 Å². The van der Waals surface area contributed by atoms with Crippen molar-refractivity contribution in [1.29, 1.82) is 0 Å². The van der Waals surface area contributed by atoms with Crippen molar-refractivity contribution in [3.63, 3.8) is 0 Å². The molecule has 6 heteroatoms. The smallest absolute Gasteiger partial charge is 0.248 e. The molecule has 2 heterocycles. The number of rotatable bonds is 6. The van der Waals surface area contributed by atoms with Gasteiger partial charge in [0.25, 0.3) is 0 Å². The van der Waals surface area contributed by atoms with Crippen molar-refractivity contribution in [2.24, 2.45) is 0 Å². The number of amides is 1. The normalized spacial score (nSPS) is 34.6. The van der Waals surface area contributed by atoms with Crippen molar-refractivity contribution in [3.05, 3.63) is 0 Å². The Bertz CT molecular complexity index is 375. The van der Waals surface area contributed by atoms with Crippen LogP contribution in [0.5, 0.6) is 0 Å². The quantitative estimate of drug-likeness (QED) is 0.746. The van der Waals surface area contributed by atoms with E-state index in [-0.39, 0.29) is 30.8 Å². The largest absolute Gasteiger partial charge is 0.368 e. The number of nitrogens with zero attached hydrogens (tertiary/aromatic N) is 1. The van der Waals surface area contributed by atoms with Gasteiger partial charge in [0.05, 0.1) is 18.3 Å². The Hall–Kier alpha value is -0.300. The zero-order chi connectivity index (χ0) is 15.4. The van der Waals surface area contributed by atoms with Crippen LogP contribution in [0.2, 0.25) is 0 Å². The van der Waals surface area contributed by atoms with Gasteiger partial charge in [-0.15, -0.1) is 0 Å². The van der Waals surface area contributed by atoms with Crippen molar-refractivity contribution in [3.8, 4) is 0 Å². The second-order valence-electron chi connectivity index (χ2n) is 6.34. The molecule has 5 nitrogen and oxygen atoms in total. The van der Waals surface area contributed by atoms with E-state index in [4.69, 9.17) is 14.2 Å². The van der Waals surface area contributed by atoms with E-state index in [0.29, 0.717) is 12.0 Å². The standard InChI is InChI=1S/C16H27NO4S/c1-2-17(9-13-4-3-7-22-13)16(18)10-19-12-5-6-14-15(8-12)21-11-20-14/h12-15H,2-11H2,1H3. The summed E-state index contributed by atoms with van der Waals surface area (Å²) >= 11 is 1.99. The van der Waals surface area contributed by atoms with Crippen molar-refractivity contribution in [2.45, 2.75) is 62.6 Å². The molecule has 1 saturated carbocycles. The van der Waals surface area contributed by atoms with Crippen LogP contribution in [-0.4, -0.2) is 66.6 Å². The molecule has 2 aliphatic heterocycles. The van der Waals surface area contributed by atoms with Crippen LogP contribution in [0.15, 0.2) is 0 Å². The monoisotopic (exact) mass is 329 g/mol. The van der Waals surface area contributed by atoms with Crippen molar-refractivity contribution in [2.75, 3.05) is 32.2 Å². The van der Waals surface area contributed by atoms with Gasteiger partial charge in [-0.25, -0.2) is 0 Å². The van der Waals surface area contributed by atoms with Crippen molar-refractivity contribution >= 4 is 17.7 Å². The summed E-state index contributed by atoms with van der Waals surface area (Å²) in [4.78, 5) is 14.3. The van der Waals surface area contributed by atoms with Gasteiger partial charge in [0.2, 0.25) is 5.91 Å². The molecule has 0 bridgehead atoms. The van der Waals surface area contributed by atoms with Gasteiger partial charge in [0.15, 0.2) is 0 Å². The molecule has 2 saturated heterocycles. The second-order valence-corrected chi connectivity index (χ2v) is 7.75. The highest BCUT2D eigenvalue weighted by Gasteiger charge is 2.36. The van der Waals surface area contributed by atoms with Gasteiger partial charge in [-0.1, -0.05) is 0 Å². The van der Waals surface area contributed by atoms with E-state index < -0.39 is 0 Å². The van der Waals surface area contributed by atoms with Gasteiger partial charge >= 0.3 is 0 Å². The molecule has 0 aromatic rings. The van der Waals surface area contributed by atoms with E-state index in [1.807, 2.05) is 23.6 Å². The topological polar surface area (TPSA) is 48.0 Å². The van der Waals surface area contributed by atoms with E-state index in [9.17, 15) is 4.79 Å². The molecule has 3 aliphatic rings. The van der Waals surface area contributed by atoms with Gasteiger partial charge in [-0.3, -0.25) is 4.79 Å². The number of thioether (sulfide) groups is 1. The van der Waals surface area contributed by atoms with E-state index in [0.717, 1.165) is 32.4 Å². The fourth-order valence-corrected chi connectivity index (χ4v) is 4.80. The van der Waals surface area contributed by atoms with Crippen LogP contribution in [-0.2, 0) is 19.0 Å². The molecular weight excluding hydrogens is 302 g/mol. The Morgan fingerprint density at radius 2 is 2.14 bits per heavy atom. The Morgan fingerprint density at radius 3 is 2.91 bits per heavy atom. The lowest BCUT2D eigenvalue weighted by molar-refractivity contribution is -0.139. The predicted octanol–water partition coefficient (Wildman–Crippen LogP) is 2.04. The maximum atomic E-state index is 12.4. The van der Waals surface area contributed by atoms with Crippen molar-refractivity contribution < 1.29 is 19.0 Å². The van der Waals surface area contributed by atoms with Gasteiger partial charge in [-0.2, -0.15) is 11.8 Å². The lowest BCUT2D eigenvalue weighted by Crippen LogP contribution is -2.40. The third kappa shape index (κ3) is 4.16. The predicted molar refractivity (Wildman–Crippen MR) is 85.9 cm³/mol. The summed E-state index contributed by atoms with van der Waals surface area (Å²) in [5.74, 6) is 1.36. The molecule has 4 atom stereocenters. The lowest BCUT2D eigenvalue weighted by atomic mass is 9.92. The number of carbonyl (C=O) groups is 1. The Kier molecular flexibility index (Phi) is 6.02. The van der Waals surface area contributed by atoms with Gasteiger partial charge in [-0.05, 0) is 38.4 Å². The molecule has 1 aliphatic carbocycles. The summed E-state index contributed by atoms with van der Waals surface area (Å²) in [6, 6.07) is 0. The summed E-state index contributed by atoms with van der Waals surface area (Å²) in [7, 11) is 0. The molecule has 22 heavy (non-hydrogen) atoms. The molecule has 0 aromatic heterocycles. The molecule has 3 rings (SSSR count). The highest BCUT2D eigenvalue weighted by Crippen LogP contribution is 2.30. The van der Waals surface area contributed by atoms with E-state index in [1.165, 1.54) is 18.6 Å². The number of fused-ring (bicyclic) bond motifs is 1. The van der Waals surface area contributed by atoms with Crippen LogP contribution in [0.25, 0.3) is 0 Å². The first-order valence-electron chi connectivity index (χ1n) is 8.50. The Labute approximate surface area is 137 Å². The van der Waals surface area contributed by atoms with Crippen LogP contribution in [0, 0.1) is 0 Å². The molecule has 4 unspecified atom stereocenters. The van der Waals surface area contributed by atoms with Gasteiger partial charge in [0.1, 0.15) is 13.4 Å². The first kappa shape index (κ1) is 16.6. The lowest BCUT2D eigenvalue weighted by Gasteiger charge is -2.30. The summed E-state index contributed by atoms with van der Waals surface area (Å²) in [5, 5.41) is 0.614. The number of carbonyl (C=O) groups excluding carboxylic acids is 1. The van der Waals surface area contributed by atoms with Crippen LogP contribution < -0.4 is 0 Å². The third-order valence-electron chi connectivity index (χ3n) is 4.87. The fourth-order valence-electron chi connectivity index (χ4n) is 3.52. The average molecular weight is 329 g/mol. The molecule has 1 amide bonds. The minimum absolute atomic E-state index is 0.126. The molecule has 126 valence electrons. The molecule has 0 radical (unpaired) electrons. The number of ether oxygens (including phenoxy) is 3. The minimum atomic E-state index is 0.126.